The Morgan fingerprint density at radius 2 is 0.857 bits per heavy atom. The Labute approximate surface area is 477 Å². The van der Waals surface area contributed by atoms with Crippen LogP contribution in [0.5, 0.6) is 0 Å². The molecule has 3 aromatic carbocycles. The highest BCUT2D eigenvalue weighted by molar-refractivity contribution is 7.39. The fourth-order valence-corrected chi connectivity index (χ4v) is 14.7. The van der Waals surface area contributed by atoms with Gasteiger partial charge < -0.3 is 15.3 Å². The molecule has 0 radical (unpaired) electrons. The summed E-state index contributed by atoms with van der Waals surface area (Å²) in [6.45, 7) is 11.6. The Morgan fingerprint density at radius 3 is 1.25 bits per heavy atom. The monoisotopic (exact) mass is 1100 g/mol. The Bertz CT molecular complexity index is 2570. The lowest BCUT2D eigenvalue weighted by Gasteiger charge is -2.26. The first-order chi connectivity index (χ1) is 37.9. The number of rotatable bonds is 42. The molecule has 2 N–H and O–H groups in total. The number of thiophene rings is 3. The minimum atomic E-state index is -1.15. The van der Waals surface area contributed by atoms with Gasteiger partial charge in [0.1, 0.15) is 6.54 Å². The number of carbonyl (C=O) groups is 2. The number of anilines is 3. The molecular weight excluding hydrogens is 1000 g/mol. The van der Waals surface area contributed by atoms with Crippen LogP contribution in [0.1, 0.15) is 235 Å². The fraction of sp³-hybridized carbons (Fsp3) is 0.544. The van der Waals surface area contributed by atoms with E-state index in [1.165, 1.54) is 248 Å². The van der Waals surface area contributed by atoms with Gasteiger partial charge in [-0.2, -0.15) is 0 Å². The molecule has 416 valence electrons. The lowest BCUT2D eigenvalue weighted by Crippen LogP contribution is -2.29. The molecule has 0 atom stereocenters. The number of unbranched alkanes of at least 4 members (excludes halogenated alkanes) is 30. The smallest absolute Gasteiger partial charge is 0.322 e. The van der Waals surface area contributed by atoms with Crippen LogP contribution in [0.2, 0.25) is 0 Å². The van der Waals surface area contributed by atoms with Crippen LogP contribution in [0.4, 0.5) is 17.1 Å². The number of aliphatic carboxylic acids is 1. The molecule has 1 amide bonds. The molecule has 0 saturated carbocycles. The Hall–Kier alpha value is -4.75. The van der Waals surface area contributed by atoms with E-state index in [-0.39, 0.29) is 5.70 Å². The predicted octanol–water partition coefficient (Wildman–Crippen LogP) is 22.4. The van der Waals surface area contributed by atoms with E-state index in [0.717, 1.165) is 32.8 Å². The number of carbonyl (C=O) groups excluding carboxylic acids is 1. The van der Waals surface area contributed by atoms with E-state index in [1.54, 1.807) is 40.1 Å². The van der Waals surface area contributed by atoms with Crippen molar-refractivity contribution in [2.24, 2.45) is 0 Å². The summed E-state index contributed by atoms with van der Waals surface area (Å²) in [5, 5.41) is 11.3. The molecule has 3 aromatic heterocycles. The van der Waals surface area contributed by atoms with Gasteiger partial charge in [-0.25, -0.2) is 4.85 Å². The van der Waals surface area contributed by atoms with E-state index >= 15 is 0 Å². The van der Waals surface area contributed by atoms with Crippen LogP contribution >= 0.6 is 34.0 Å². The summed E-state index contributed by atoms with van der Waals surface area (Å²) in [6.07, 6.45) is 48.3. The zero-order valence-electron chi connectivity index (χ0n) is 47.3. The van der Waals surface area contributed by atoms with Gasteiger partial charge in [-0.1, -0.05) is 243 Å². The SMILES string of the molecule is [C-]#[N+]/C(=C\c1cc2sc3cc(-c4ccc(N(c5ccc(CCCCCCCCCCCCCCCCCC)cc5)c5ccc(CCCCCCCCCCCCCCCCCC)cc5)cc4)sc3c2s1)C(=O)NCC(=O)O. The number of carboxylic acid groups (broad SMARTS) is 1. The molecule has 0 unspecified atom stereocenters. The number of aryl methyl sites for hydroxylation is 2. The van der Waals surface area contributed by atoms with Crippen LogP contribution in [0.25, 0.3) is 40.2 Å². The Balaban J connectivity index is 1.01. The summed E-state index contributed by atoms with van der Waals surface area (Å²) in [6, 6.07) is 31.9. The van der Waals surface area contributed by atoms with Crippen LogP contribution in [0.15, 0.2) is 90.6 Å². The van der Waals surface area contributed by atoms with Gasteiger partial charge in [0, 0.05) is 36.2 Å². The second kappa shape index (κ2) is 36.4. The van der Waals surface area contributed by atoms with Gasteiger partial charge >= 0.3 is 5.97 Å². The number of amides is 1. The Kier molecular flexibility index (Phi) is 29.1. The number of hydrogen-bond acceptors (Lipinski definition) is 6. The largest absolute Gasteiger partial charge is 0.480 e. The number of nitrogens with one attached hydrogen (secondary N) is 1. The number of benzene rings is 3. The summed E-state index contributed by atoms with van der Waals surface area (Å²) in [7, 11) is 0. The van der Waals surface area contributed by atoms with Crippen molar-refractivity contribution in [1.82, 2.24) is 5.32 Å². The number of carboxylic acids is 1. The molecule has 0 saturated heterocycles. The zero-order valence-corrected chi connectivity index (χ0v) is 49.7. The highest BCUT2D eigenvalue weighted by Crippen LogP contribution is 2.47. The van der Waals surface area contributed by atoms with Crippen LogP contribution in [-0.2, 0) is 22.4 Å². The number of nitrogens with zero attached hydrogens (tertiary/aromatic N) is 2. The summed E-state index contributed by atoms with van der Waals surface area (Å²) in [5.74, 6) is -1.83. The normalized spacial score (nSPS) is 11.7. The molecule has 77 heavy (non-hydrogen) atoms. The third kappa shape index (κ3) is 22.1. The molecule has 0 aliphatic carbocycles. The highest BCUT2D eigenvalue weighted by Gasteiger charge is 2.18. The third-order valence-corrected chi connectivity index (χ3v) is 19.1. The van der Waals surface area contributed by atoms with Crippen LogP contribution in [0, 0.1) is 6.57 Å². The van der Waals surface area contributed by atoms with E-state index in [0.29, 0.717) is 0 Å². The van der Waals surface area contributed by atoms with Crippen LogP contribution in [-0.4, -0.2) is 23.5 Å². The first kappa shape index (κ1) is 61.5. The number of fused-ring (bicyclic) bond motifs is 3. The van der Waals surface area contributed by atoms with Gasteiger partial charge in [-0.05, 0) is 97.0 Å². The minimum Gasteiger partial charge on any atom is -0.480 e. The van der Waals surface area contributed by atoms with Crippen molar-refractivity contribution in [2.75, 3.05) is 11.4 Å². The number of hydrogen-bond donors (Lipinski definition) is 2. The molecule has 0 spiro atoms. The Morgan fingerprint density at radius 1 is 0.494 bits per heavy atom. The van der Waals surface area contributed by atoms with Crippen LogP contribution in [0.3, 0.4) is 0 Å². The van der Waals surface area contributed by atoms with Crippen molar-refractivity contribution < 1.29 is 14.7 Å². The molecular formula is C68H93N3O3S3. The molecule has 0 aliphatic rings. The summed E-state index contributed by atoms with van der Waals surface area (Å²) in [4.78, 5) is 31.2. The molecule has 3 heterocycles. The van der Waals surface area contributed by atoms with E-state index in [9.17, 15) is 9.59 Å². The average molecular weight is 1100 g/mol. The standard InChI is InChI=1S/C68H93N3O3S3/c1-4-6-8-10-12-14-16-18-20-22-24-26-28-30-32-34-36-54-38-44-57(45-39-54)71(58-46-40-55(41-47-58)37-35-33-31-29-27-25-23-21-19-17-15-13-11-9-7-5-2)59-48-42-56(43-49-59)62-52-64-67(77-62)66-63(76-64)51-60(75-66)50-61(69-3)68(74)70-53-65(72)73/h38-52H,4-37,53H2,1-2H3,(H,70,74)(H,72,73)/b61-50-. The van der Waals surface area contributed by atoms with Gasteiger partial charge in [-0.3, -0.25) is 9.59 Å². The minimum absolute atomic E-state index is 0.125. The van der Waals surface area contributed by atoms with Crippen molar-refractivity contribution in [1.29, 1.82) is 0 Å². The van der Waals surface area contributed by atoms with Gasteiger partial charge in [0.05, 0.1) is 16.0 Å². The maximum absolute atomic E-state index is 12.5. The van der Waals surface area contributed by atoms with Crippen LogP contribution < -0.4 is 10.2 Å². The molecule has 0 bridgehead atoms. The second-order valence-corrected chi connectivity index (χ2v) is 25.0. The lowest BCUT2D eigenvalue weighted by molar-refractivity contribution is -0.137. The molecule has 9 heteroatoms. The maximum Gasteiger partial charge on any atom is 0.322 e. The molecule has 0 fully saturated rings. The third-order valence-electron chi connectivity index (χ3n) is 15.3. The first-order valence-corrected chi connectivity index (χ1v) is 32.9. The zero-order chi connectivity index (χ0) is 54.1. The van der Waals surface area contributed by atoms with Crippen molar-refractivity contribution in [3.8, 4) is 10.4 Å². The molecule has 6 rings (SSSR count). The van der Waals surface area contributed by atoms with Gasteiger partial charge in [0.15, 0.2) is 0 Å². The highest BCUT2D eigenvalue weighted by atomic mass is 32.1. The first-order valence-electron chi connectivity index (χ1n) is 30.5. The van der Waals surface area contributed by atoms with Crippen molar-refractivity contribution in [2.45, 2.75) is 232 Å². The van der Waals surface area contributed by atoms with Gasteiger partial charge in [-0.15, -0.1) is 34.0 Å². The van der Waals surface area contributed by atoms with E-state index < -0.39 is 18.4 Å². The van der Waals surface area contributed by atoms with Crippen molar-refractivity contribution in [3.05, 3.63) is 118 Å². The second-order valence-electron chi connectivity index (χ2n) is 21.8. The molecule has 6 aromatic rings. The quantitative estimate of drug-likeness (QED) is 0.0228. The summed E-state index contributed by atoms with van der Waals surface area (Å²) in [5.41, 5.74) is 7.33. The predicted molar refractivity (Wildman–Crippen MR) is 337 cm³/mol. The van der Waals surface area contributed by atoms with Crippen molar-refractivity contribution >= 4 is 87.8 Å². The molecule has 0 aliphatic heterocycles. The summed E-state index contributed by atoms with van der Waals surface area (Å²) >= 11 is 5.04. The lowest BCUT2D eigenvalue weighted by atomic mass is 10.0. The van der Waals surface area contributed by atoms with Gasteiger partial charge in [0.2, 0.25) is 0 Å². The maximum atomic E-state index is 12.5. The fourth-order valence-electron chi connectivity index (χ4n) is 10.7. The van der Waals surface area contributed by atoms with Crippen molar-refractivity contribution in [3.63, 3.8) is 0 Å². The topological polar surface area (TPSA) is 74.0 Å². The molecule has 6 nitrogen and oxygen atoms in total. The van der Waals surface area contributed by atoms with E-state index in [1.807, 2.05) is 6.07 Å². The summed E-state index contributed by atoms with van der Waals surface area (Å²) < 4.78 is 4.68. The average Bonchev–Trinajstić information content (AvgIpc) is 4.18. The van der Waals surface area contributed by atoms with E-state index in [4.69, 9.17) is 11.7 Å². The van der Waals surface area contributed by atoms with E-state index in [2.05, 4.69) is 108 Å². The van der Waals surface area contributed by atoms with Gasteiger partial charge in [0.25, 0.3) is 11.6 Å².